The maximum Gasteiger partial charge on any atom is 0.226 e. The molecule has 0 aliphatic heterocycles. The number of nitrogens with one attached hydrogen (secondary N) is 1. The summed E-state index contributed by atoms with van der Waals surface area (Å²) in [6.45, 7) is 0. The molecule has 0 radical (unpaired) electrons. The minimum absolute atomic E-state index is 0.0260. The molecule has 112 valence electrons. The maximum atomic E-state index is 12.0. The third-order valence-corrected chi connectivity index (χ3v) is 4.27. The quantitative estimate of drug-likeness (QED) is 0.778. The van der Waals surface area contributed by atoms with Gasteiger partial charge in [0.25, 0.3) is 0 Å². The van der Waals surface area contributed by atoms with Gasteiger partial charge in [-0.25, -0.2) is 4.98 Å². The number of methoxy groups -OCH3 is 1. The Morgan fingerprint density at radius 3 is 2.91 bits per heavy atom. The number of rotatable bonds is 5. The second-order valence-electron chi connectivity index (χ2n) is 4.89. The summed E-state index contributed by atoms with van der Waals surface area (Å²) >= 11 is 1.49. The van der Waals surface area contributed by atoms with Crippen molar-refractivity contribution in [3.63, 3.8) is 0 Å². The van der Waals surface area contributed by atoms with Gasteiger partial charge >= 0.3 is 0 Å². The summed E-state index contributed by atoms with van der Waals surface area (Å²) in [5, 5.41) is 3.52. The number of carbonyl (C=O) groups is 1. The zero-order chi connectivity index (χ0) is 15.4. The van der Waals surface area contributed by atoms with Crippen LogP contribution in [0, 0.1) is 0 Å². The first-order valence-electron chi connectivity index (χ1n) is 7.03. The molecule has 0 atom stereocenters. The number of nitrogens with zero attached hydrogens (tertiary/aromatic N) is 1. The molecule has 1 heterocycles. The number of thiazole rings is 1. The minimum atomic E-state index is -0.0260. The summed E-state index contributed by atoms with van der Waals surface area (Å²) in [5.74, 6) is 0.783. The molecule has 22 heavy (non-hydrogen) atoms. The van der Waals surface area contributed by atoms with Gasteiger partial charge in [0, 0.05) is 6.42 Å². The van der Waals surface area contributed by atoms with Crippen molar-refractivity contribution in [3.05, 3.63) is 54.1 Å². The summed E-state index contributed by atoms with van der Waals surface area (Å²) in [6.07, 6.45) is 1.09. The van der Waals surface area contributed by atoms with Gasteiger partial charge in [0.1, 0.15) is 5.75 Å². The molecule has 0 unspecified atom stereocenters. The summed E-state index contributed by atoms with van der Waals surface area (Å²) in [5.41, 5.74) is 1.99. The number of aromatic nitrogens is 1. The van der Waals surface area contributed by atoms with Crippen molar-refractivity contribution in [1.82, 2.24) is 4.98 Å². The van der Waals surface area contributed by atoms with Crippen molar-refractivity contribution in [2.75, 3.05) is 12.4 Å². The van der Waals surface area contributed by atoms with E-state index in [2.05, 4.69) is 10.3 Å². The molecule has 5 heteroatoms. The van der Waals surface area contributed by atoms with Crippen molar-refractivity contribution < 1.29 is 9.53 Å². The highest BCUT2D eigenvalue weighted by molar-refractivity contribution is 7.22. The van der Waals surface area contributed by atoms with E-state index in [0.717, 1.165) is 21.5 Å². The molecule has 0 saturated carbocycles. The van der Waals surface area contributed by atoms with E-state index < -0.39 is 0 Å². The van der Waals surface area contributed by atoms with Crippen LogP contribution in [0.3, 0.4) is 0 Å². The number of hydrogen-bond donors (Lipinski definition) is 1. The van der Waals surface area contributed by atoms with Gasteiger partial charge in [0.05, 0.1) is 17.3 Å². The maximum absolute atomic E-state index is 12.0. The molecule has 1 amide bonds. The van der Waals surface area contributed by atoms with Crippen molar-refractivity contribution in [3.8, 4) is 5.75 Å². The van der Waals surface area contributed by atoms with Crippen molar-refractivity contribution in [2.24, 2.45) is 0 Å². The van der Waals surface area contributed by atoms with Gasteiger partial charge in [0.2, 0.25) is 5.91 Å². The van der Waals surface area contributed by atoms with Crippen LogP contribution in [-0.2, 0) is 11.2 Å². The Morgan fingerprint density at radius 2 is 2.09 bits per heavy atom. The third kappa shape index (κ3) is 3.43. The summed E-state index contributed by atoms with van der Waals surface area (Å²) in [6, 6.07) is 15.6. The Bertz CT molecular complexity index is 765. The molecule has 0 spiro atoms. The predicted molar refractivity (Wildman–Crippen MR) is 89.6 cm³/mol. The highest BCUT2D eigenvalue weighted by Crippen LogP contribution is 2.25. The molecule has 1 aromatic heterocycles. The van der Waals surface area contributed by atoms with Crippen molar-refractivity contribution >= 4 is 32.6 Å². The molecule has 4 nitrogen and oxygen atoms in total. The first kappa shape index (κ1) is 14.5. The standard InChI is InChI=1S/C17H16N2O2S/c1-21-13-6-4-5-12(11-13)9-10-16(20)19-17-18-14-7-2-3-8-15(14)22-17/h2-8,11H,9-10H2,1H3,(H,18,19,20). The third-order valence-electron chi connectivity index (χ3n) is 3.32. The van der Waals surface area contributed by atoms with E-state index in [9.17, 15) is 4.79 Å². The lowest BCUT2D eigenvalue weighted by molar-refractivity contribution is -0.116. The molecule has 0 bridgehead atoms. The lowest BCUT2D eigenvalue weighted by Crippen LogP contribution is -2.12. The van der Waals surface area contributed by atoms with E-state index in [1.807, 2.05) is 48.5 Å². The van der Waals surface area contributed by atoms with E-state index >= 15 is 0 Å². The van der Waals surface area contributed by atoms with Crippen LogP contribution in [0.4, 0.5) is 5.13 Å². The molecule has 3 aromatic rings. The van der Waals surface area contributed by atoms with Gasteiger partial charge in [0.15, 0.2) is 5.13 Å². The highest BCUT2D eigenvalue weighted by atomic mass is 32.1. The molecule has 0 fully saturated rings. The number of aryl methyl sites for hydroxylation is 1. The summed E-state index contributed by atoms with van der Waals surface area (Å²) in [7, 11) is 1.64. The molecule has 2 aromatic carbocycles. The number of ether oxygens (including phenoxy) is 1. The van der Waals surface area contributed by atoms with Crippen LogP contribution >= 0.6 is 11.3 Å². The largest absolute Gasteiger partial charge is 0.497 e. The van der Waals surface area contributed by atoms with Crippen LogP contribution in [0.1, 0.15) is 12.0 Å². The number of amides is 1. The lowest BCUT2D eigenvalue weighted by atomic mass is 10.1. The van der Waals surface area contributed by atoms with Crippen LogP contribution < -0.4 is 10.1 Å². The van der Waals surface area contributed by atoms with E-state index in [-0.39, 0.29) is 5.91 Å². The zero-order valence-corrected chi connectivity index (χ0v) is 13.0. The Kier molecular flexibility index (Phi) is 4.34. The zero-order valence-electron chi connectivity index (χ0n) is 12.2. The van der Waals surface area contributed by atoms with E-state index in [1.165, 1.54) is 11.3 Å². The van der Waals surface area contributed by atoms with Gasteiger partial charge in [-0.2, -0.15) is 0 Å². The van der Waals surface area contributed by atoms with Crippen LogP contribution in [0.15, 0.2) is 48.5 Å². The van der Waals surface area contributed by atoms with Crippen LogP contribution in [-0.4, -0.2) is 18.0 Å². The molecule has 0 aliphatic rings. The number of para-hydroxylation sites is 1. The van der Waals surface area contributed by atoms with Crippen molar-refractivity contribution in [1.29, 1.82) is 0 Å². The first-order chi connectivity index (χ1) is 10.7. The molecule has 0 aliphatic carbocycles. The van der Waals surface area contributed by atoms with Crippen molar-refractivity contribution in [2.45, 2.75) is 12.8 Å². The normalized spacial score (nSPS) is 10.6. The minimum Gasteiger partial charge on any atom is -0.497 e. The Hall–Kier alpha value is -2.40. The van der Waals surface area contributed by atoms with Crippen LogP contribution in [0.25, 0.3) is 10.2 Å². The fourth-order valence-electron chi connectivity index (χ4n) is 2.19. The smallest absolute Gasteiger partial charge is 0.226 e. The van der Waals surface area contributed by atoms with Crippen LogP contribution in [0.5, 0.6) is 5.75 Å². The summed E-state index contributed by atoms with van der Waals surface area (Å²) in [4.78, 5) is 16.4. The molecule has 0 saturated heterocycles. The van der Waals surface area contributed by atoms with E-state index in [4.69, 9.17) is 4.74 Å². The SMILES string of the molecule is COc1cccc(CCC(=O)Nc2nc3ccccc3s2)c1. The van der Waals surface area contributed by atoms with E-state index in [1.54, 1.807) is 7.11 Å². The first-order valence-corrected chi connectivity index (χ1v) is 7.84. The van der Waals surface area contributed by atoms with Gasteiger partial charge < -0.3 is 10.1 Å². The van der Waals surface area contributed by atoms with Gasteiger partial charge in [-0.15, -0.1) is 0 Å². The molecule has 3 rings (SSSR count). The second kappa shape index (κ2) is 6.58. The Balaban J connectivity index is 1.60. The summed E-state index contributed by atoms with van der Waals surface area (Å²) < 4.78 is 6.26. The Labute approximate surface area is 132 Å². The molecule has 1 N–H and O–H groups in total. The average molecular weight is 312 g/mol. The predicted octanol–water partition coefficient (Wildman–Crippen LogP) is 3.88. The van der Waals surface area contributed by atoms with Gasteiger partial charge in [-0.3, -0.25) is 4.79 Å². The number of anilines is 1. The fraction of sp³-hybridized carbons (Fsp3) is 0.176. The lowest BCUT2D eigenvalue weighted by Gasteiger charge is -2.04. The Morgan fingerprint density at radius 1 is 1.23 bits per heavy atom. The monoisotopic (exact) mass is 312 g/mol. The van der Waals surface area contributed by atoms with Gasteiger partial charge in [-0.1, -0.05) is 35.6 Å². The van der Waals surface area contributed by atoms with E-state index in [0.29, 0.717) is 18.0 Å². The number of carbonyl (C=O) groups excluding carboxylic acids is 1. The number of hydrogen-bond acceptors (Lipinski definition) is 4. The average Bonchev–Trinajstić information content (AvgIpc) is 2.95. The van der Waals surface area contributed by atoms with Gasteiger partial charge in [-0.05, 0) is 36.2 Å². The highest BCUT2D eigenvalue weighted by Gasteiger charge is 2.08. The number of fused-ring (bicyclic) bond motifs is 1. The second-order valence-corrected chi connectivity index (χ2v) is 5.92. The number of benzene rings is 2. The van der Waals surface area contributed by atoms with Crippen LogP contribution in [0.2, 0.25) is 0 Å². The molecular formula is C17H16N2O2S. The topological polar surface area (TPSA) is 51.2 Å². The fourth-order valence-corrected chi connectivity index (χ4v) is 3.08. The molecular weight excluding hydrogens is 296 g/mol.